The smallest absolute Gasteiger partial charge is 0.0900 e. The molecule has 2 N–H and O–H groups in total. The van der Waals surface area contributed by atoms with Crippen LogP contribution in [0.5, 0.6) is 0 Å². The van der Waals surface area contributed by atoms with E-state index in [0.717, 1.165) is 26.2 Å². The molecule has 3 unspecified atom stereocenters. The highest BCUT2D eigenvalue weighted by atomic mass is 16.5. The second kappa shape index (κ2) is 10.5. The third-order valence-corrected chi connectivity index (χ3v) is 3.81. The molecule has 0 radical (unpaired) electrons. The van der Waals surface area contributed by atoms with Crippen LogP contribution in [0.3, 0.4) is 0 Å². The van der Waals surface area contributed by atoms with Crippen LogP contribution < -0.4 is 5.32 Å². The molecule has 0 saturated carbocycles. The van der Waals surface area contributed by atoms with Gasteiger partial charge in [-0.1, -0.05) is 6.92 Å². The van der Waals surface area contributed by atoms with Gasteiger partial charge >= 0.3 is 0 Å². The van der Waals surface area contributed by atoms with Crippen molar-refractivity contribution in [1.82, 2.24) is 10.2 Å². The Kier molecular flexibility index (Phi) is 9.39. The number of nitrogens with zero attached hydrogens (tertiary/aromatic N) is 1. The van der Waals surface area contributed by atoms with Gasteiger partial charge in [0.25, 0.3) is 0 Å². The summed E-state index contributed by atoms with van der Waals surface area (Å²) in [5, 5.41) is 13.5. The maximum Gasteiger partial charge on any atom is 0.0900 e. The second-order valence-corrected chi connectivity index (χ2v) is 5.82. The first-order valence-corrected chi connectivity index (χ1v) is 7.87. The number of hydrogen-bond donors (Lipinski definition) is 2. The molecule has 1 heterocycles. The number of aliphatic hydroxyl groups excluding tert-OH is 1. The minimum atomic E-state index is -0.425. The summed E-state index contributed by atoms with van der Waals surface area (Å²) in [5.41, 5.74) is 0. The number of rotatable bonds is 10. The molecule has 5 nitrogen and oxygen atoms in total. The molecule has 1 aliphatic rings. The van der Waals surface area contributed by atoms with Crippen molar-refractivity contribution in [2.24, 2.45) is 5.92 Å². The van der Waals surface area contributed by atoms with E-state index in [4.69, 9.17) is 9.47 Å². The SMILES string of the molecule is CCN(CC(O)COC(C)COC)CC1CCCNC1. The van der Waals surface area contributed by atoms with E-state index in [1.54, 1.807) is 7.11 Å². The third-order valence-electron chi connectivity index (χ3n) is 3.81. The van der Waals surface area contributed by atoms with Crippen LogP contribution in [0.2, 0.25) is 0 Å². The molecule has 1 saturated heterocycles. The Morgan fingerprint density at radius 3 is 2.80 bits per heavy atom. The molecule has 0 amide bonds. The number of aliphatic hydroxyl groups is 1. The van der Waals surface area contributed by atoms with E-state index in [2.05, 4.69) is 17.1 Å². The Morgan fingerprint density at radius 2 is 2.20 bits per heavy atom. The maximum absolute atomic E-state index is 10.1. The molecular weight excluding hydrogens is 256 g/mol. The molecule has 120 valence electrons. The first-order chi connectivity index (χ1) is 9.65. The summed E-state index contributed by atoms with van der Waals surface area (Å²) in [7, 11) is 1.66. The standard InChI is InChI=1S/C15H32N2O3/c1-4-17(9-14-6-5-7-16-8-14)10-15(18)12-20-13(2)11-19-3/h13-16,18H,4-12H2,1-3H3. The molecule has 1 aliphatic heterocycles. The Hall–Kier alpha value is -0.200. The second-order valence-electron chi connectivity index (χ2n) is 5.82. The van der Waals surface area contributed by atoms with E-state index >= 15 is 0 Å². The molecule has 0 spiro atoms. The van der Waals surface area contributed by atoms with E-state index in [1.165, 1.54) is 12.8 Å². The van der Waals surface area contributed by atoms with Gasteiger partial charge in [0.15, 0.2) is 0 Å². The van der Waals surface area contributed by atoms with Crippen LogP contribution in [-0.2, 0) is 9.47 Å². The highest BCUT2D eigenvalue weighted by Crippen LogP contribution is 2.12. The van der Waals surface area contributed by atoms with Gasteiger partial charge in [-0.25, -0.2) is 0 Å². The van der Waals surface area contributed by atoms with Crippen molar-refractivity contribution >= 4 is 0 Å². The zero-order chi connectivity index (χ0) is 14.8. The number of hydrogen-bond acceptors (Lipinski definition) is 5. The van der Waals surface area contributed by atoms with Crippen molar-refractivity contribution in [3.8, 4) is 0 Å². The Bertz CT molecular complexity index is 235. The first kappa shape index (κ1) is 17.9. The minimum Gasteiger partial charge on any atom is -0.389 e. The predicted molar refractivity (Wildman–Crippen MR) is 81.0 cm³/mol. The van der Waals surface area contributed by atoms with E-state index in [-0.39, 0.29) is 6.10 Å². The zero-order valence-electron chi connectivity index (χ0n) is 13.3. The average molecular weight is 288 g/mol. The summed E-state index contributed by atoms with van der Waals surface area (Å²) >= 11 is 0. The fourth-order valence-electron chi connectivity index (χ4n) is 2.69. The number of nitrogens with one attached hydrogen (secondary N) is 1. The van der Waals surface area contributed by atoms with Gasteiger partial charge in [0.1, 0.15) is 0 Å². The van der Waals surface area contributed by atoms with Gasteiger partial charge in [-0.15, -0.1) is 0 Å². The molecule has 0 aliphatic carbocycles. The van der Waals surface area contributed by atoms with Crippen LogP contribution in [0.1, 0.15) is 26.7 Å². The molecule has 1 fully saturated rings. The third kappa shape index (κ3) is 7.55. The van der Waals surface area contributed by atoms with E-state index in [1.807, 2.05) is 6.92 Å². The largest absolute Gasteiger partial charge is 0.389 e. The van der Waals surface area contributed by atoms with Crippen LogP contribution in [0.4, 0.5) is 0 Å². The maximum atomic E-state index is 10.1. The fraction of sp³-hybridized carbons (Fsp3) is 1.00. The lowest BCUT2D eigenvalue weighted by atomic mass is 9.99. The molecule has 0 bridgehead atoms. The highest BCUT2D eigenvalue weighted by molar-refractivity contribution is 4.74. The lowest BCUT2D eigenvalue weighted by molar-refractivity contribution is -0.0404. The summed E-state index contributed by atoms with van der Waals surface area (Å²) in [6, 6.07) is 0. The topological polar surface area (TPSA) is 54.0 Å². The van der Waals surface area contributed by atoms with Gasteiger partial charge in [0.2, 0.25) is 0 Å². The lowest BCUT2D eigenvalue weighted by Crippen LogP contribution is -2.42. The quantitative estimate of drug-likeness (QED) is 0.620. The molecule has 5 heteroatoms. The Balaban J connectivity index is 2.20. The van der Waals surface area contributed by atoms with E-state index < -0.39 is 6.10 Å². The minimum absolute atomic E-state index is 0.0345. The Morgan fingerprint density at radius 1 is 1.40 bits per heavy atom. The van der Waals surface area contributed by atoms with Gasteiger partial charge in [0.05, 0.1) is 25.4 Å². The average Bonchev–Trinajstić information content (AvgIpc) is 2.46. The van der Waals surface area contributed by atoms with Crippen LogP contribution >= 0.6 is 0 Å². The van der Waals surface area contributed by atoms with Crippen molar-refractivity contribution in [3.63, 3.8) is 0 Å². The predicted octanol–water partition coefficient (Wildman–Crippen LogP) is 0.720. The van der Waals surface area contributed by atoms with E-state index in [9.17, 15) is 5.11 Å². The highest BCUT2D eigenvalue weighted by Gasteiger charge is 2.18. The fourth-order valence-corrected chi connectivity index (χ4v) is 2.69. The van der Waals surface area contributed by atoms with E-state index in [0.29, 0.717) is 25.7 Å². The molecule has 0 aromatic rings. The van der Waals surface area contributed by atoms with Crippen LogP contribution in [0.25, 0.3) is 0 Å². The molecule has 0 aromatic carbocycles. The monoisotopic (exact) mass is 288 g/mol. The van der Waals surface area contributed by atoms with Crippen LogP contribution in [0.15, 0.2) is 0 Å². The number of ether oxygens (including phenoxy) is 2. The summed E-state index contributed by atoms with van der Waals surface area (Å²) in [6.07, 6.45) is 2.17. The molecule has 3 atom stereocenters. The van der Waals surface area contributed by atoms with Crippen molar-refractivity contribution < 1.29 is 14.6 Å². The van der Waals surface area contributed by atoms with Crippen molar-refractivity contribution in [2.45, 2.75) is 38.9 Å². The number of likely N-dealkylation sites (N-methyl/N-ethyl adjacent to an activating group) is 1. The van der Waals surface area contributed by atoms with Gasteiger partial charge < -0.3 is 24.8 Å². The van der Waals surface area contributed by atoms with Gasteiger partial charge in [-0.2, -0.15) is 0 Å². The number of piperidine rings is 1. The first-order valence-electron chi connectivity index (χ1n) is 7.87. The molecule has 20 heavy (non-hydrogen) atoms. The van der Waals surface area contributed by atoms with Gasteiger partial charge in [-0.05, 0) is 45.3 Å². The lowest BCUT2D eigenvalue weighted by Gasteiger charge is -2.30. The van der Waals surface area contributed by atoms with Gasteiger partial charge in [-0.3, -0.25) is 0 Å². The molecule has 1 rings (SSSR count). The van der Waals surface area contributed by atoms with Crippen molar-refractivity contribution in [3.05, 3.63) is 0 Å². The molecular formula is C15H32N2O3. The van der Waals surface area contributed by atoms with Crippen LogP contribution in [-0.4, -0.2) is 75.3 Å². The van der Waals surface area contributed by atoms with Gasteiger partial charge in [0, 0.05) is 20.2 Å². The van der Waals surface area contributed by atoms with Crippen molar-refractivity contribution in [1.29, 1.82) is 0 Å². The van der Waals surface area contributed by atoms with Crippen molar-refractivity contribution in [2.75, 3.05) is 53.0 Å². The summed E-state index contributed by atoms with van der Waals surface area (Å²) < 4.78 is 10.6. The summed E-state index contributed by atoms with van der Waals surface area (Å²) in [6.45, 7) is 10.0. The summed E-state index contributed by atoms with van der Waals surface area (Å²) in [5.74, 6) is 0.712. The normalized spacial score (nSPS) is 22.9. The molecule has 0 aromatic heterocycles. The van der Waals surface area contributed by atoms with Crippen LogP contribution in [0, 0.1) is 5.92 Å². The Labute approximate surface area is 123 Å². The number of methoxy groups -OCH3 is 1. The summed E-state index contributed by atoms with van der Waals surface area (Å²) in [4.78, 5) is 2.33. The zero-order valence-corrected chi connectivity index (χ0v) is 13.3.